The molecule has 0 aromatic carbocycles. The molecule has 1 aromatic heterocycles. The minimum Gasteiger partial charge on any atom is -0.469 e. The van der Waals surface area contributed by atoms with Gasteiger partial charge in [0, 0.05) is 12.5 Å². The van der Waals surface area contributed by atoms with Crippen LogP contribution in [0, 0.1) is 5.92 Å². The Bertz CT molecular complexity index is 315. The van der Waals surface area contributed by atoms with E-state index >= 15 is 0 Å². The van der Waals surface area contributed by atoms with Crippen LogP contribution in [0.3, 0.4) is 0 Å². The molecule has 2 heteroatoms. The van der Waals surface area contributed by atoms with Crippen LogP contribution in [0.15, 0.2) is 35.0 Å². The lowest BCUT2D eigenvalue weighted by Gasteiger charge is -2.21. The molecule has 0 aliphatic heterocycles. The first-order valence-corrected chi connectivity index (χ1v) is 6.25. The molecule has 0 fully saturated rings. The number of hydrogen-bond donors (Lipinski definition) is 1. The van der Waals surface area contributed by atoms with Crippen molar-refractivity contribution in [1.82, 2.24) is 5.32 Å². The monoisotopic (exact) mass is 219 g/mol. The highest BCUT2D eigenvalue weighted by molar-refractivity contribution is 5.00. The van der Waals surface area contributed by atoms with Gasteiger partial charge in [-0.2, -0.15) is 0 Å². The zero-order valence-corrected chi connectivity index (χ0v) is 9.99. The van der Waals surface area contributed by atoms with E-state index in [2.05, 4.69) is 24.4 Å². The maximum atomic E-state index is 5.34. The van der Waals surface area contributed by atoms with Gasteiger partial charge in [-0.05, 0) is 50.8 Å². The summed E-state index contributed by atoms with van der Waals surface area (Å²) in [5.41, 5.74) is 0. The molecule has 2 nitrogen and oxygen atoms in total. The molecule has 2 rings (SSSR count). The van der Waals surface area contributed by atoms with Gasteiger partial charge in [-0.15, -0.1) is 0 Å². The van der Waals surface area contributed by atoms with Gasteiger partial charge in [-0.3, -0.25) is 0 Å². The van der Waals surface area contributed by atoms with Crippen molar-refractivity contribution in [2.24, 2.45) is 5.92 Å². The lowest BCUT2D eigenvalue weighted by molar-refractivity contribution is 0.394. The number of allylic oxidation sites excluding steroid dienone is 2. The van der Waals surface area contributed by atoms with E-state index in [1.54, 1.807) is 6.26 Å². The largest absolute Gasteiger partial charge is 0.469 e. The standard InChI is InChI=1S/C14H21NO/c1-12(10-14-8-5-9-16-14)15-11-13-6-3-2-4-7-13/h2-3,5,8-9,12-13,15H,4,6-7,10-11H2,1H3. The van der Waals surface area contributed by atoms with Gasteiger partial charge in [0.25, 0.3) is 0 Å². The fraction of sp³-hybridized carbons (Fsp3) is 0.571. The molecule has 2 unspecified atom stereocenters. The fourth-order valence-electron chi connectivity index (χ4n) is 2.21. The molecule has 1 aliphatic rings. The average molecular weight is 219 g/mol. The van der Waals surface area contributed by atoms with Crippen LogP contribution in [-0.2, 0) is 6.42 Å². The predicted molar refractivity (Wildman–Crippen MR) is 66.4 cm³/mol. The number of hydrogen-bond acceptors (Lipinski definition) is 2. The third-order valence-corrected chi connectivity index (χ3v) is 3.22. The van der Waals surface area contributed by atoms with Crippen LogP contribution in [0.4, 0.5) is 0 Å². The van der Waals surface area contributed by atoms with E-state index in [0.29, 0.717) is 6.04 Å². The van der Waals surface area contributed by atoms with Gasteiger partial charge in [0.2, 0.25) is 0 Å². The van der Waals surface area contributed by atoms with Crippen LogP contribution < -0.4 is 5.32 Å². The Morgan fingerprint density at radius 3 is 3.12 bits per heavy atom. The first-order valence-electron chi connectivity index (χ1n) is 6.25. The van der Waals surface area contributed by atoms with Crippen molar-refractivity contribution < 1.29 is 4.42 Å². The number of furan rings is 1. The second-order valence-corrected chi connectivity index (χ2v) is 4.74. The van der Waals surface area contributed by atoms with Gasteiger partial charge in [-0.25, -0.2) is 0 Å². The SMILES string of the molecule is CC(Cc1ccco1)NCC1CC=CCC1. The van der Waals surface area contributed by atoms with E-state index in [1.807, 2.05) is 12.1 Å². The topological polar surface area (TPSA) is 25.2 Å². The summed E-state index contributed by atoms with van der Waals surface area (Å²) < 4.78 is 5.34. The Morgan fingerprint density at radius 2 is 2.44 bits per heavy atom. The van der Waals surface area contributed by atoms with E-state index in [-0.39, 0.29) is 0 Å². The highest BCUT2D eigenvalue weighted by Crippen LogP contribution is 2.17. The van der Waals surface area contributed by atoms with E-state index in [4.69, 9.17) is 4.42 Å². The van der Waals surface area contributed by atoms with Crippen LogP contribution in [0.25, 0.3) is 0 Å². The molecular weight excluding hydrogens is 198 g/mol. The van der Waals surface area contributed by atoms with Crippen molar-refractivity contribution in [1.29, 1.82) is 0 Å². The van der Waals surface area contributed by atoms with Gasteiger partial charge in [0.15, 0.2) is 0 Å². The van der Waals surface area contributed by atoms with Crippen molar-refractivity contribution in [2.45, 2.75) is 38.6 Å². The molecule has 0 spiro atoms. The maximum absolute atomic E-state index is 5.34. The Kier molecular flexibility index (Phi) is 4.23. The lowest BCUT2D eigenvalue weighted by Crippen LogP contribution is -2.32. The van der Waals surface area contributed by atoms with Crippen molar-refractivity contribution >= 4 is 0 Å². The molecule has 1 aliphatic carbocycles. The first-order chi connectivity index (χ1) is 7.84. The van der Waals surface area contributed by atoms with Crippen LogP contribution in [0.5, 0.6) is 0 Å². The van der Waals surface area contributed by atoms with Crippen LogP contribution in [0.1, 0.15) is 31.9 Å². The molecule has 1 N–H and O–H groups in total. The molecule has 1 heterocycles. The smallest absolute Gasteiger partial charge is 0.105 e. The van der Waals surface area contributed by atoms with Gasteiger partial charge < -0.3 is 9.73 Å². The van der Waals surface area contributed by atoms with Crippen molar-refractivity contribution in [3.05, 3.63) is 36.3 Å². The van der Waals surface area contributed by atoms with Gasteiger partial charge in [-0.1, -0.05) is 12.2 Å². The summed E-state index contributed by atoms with van der Waals surface area (Å²) in [7, 11) is 0. The maximum Gasteiger partial charge on any atom is 0.105 e. The van der Waals surface area contributed by atoms with E-state index in [9.17, 15) is 0 Å². The average Bonchev–Trinajstić information content (AvgIpc) is 2.81. The molecule has 0 saturated carbocycles. The summed E-state index contributed by atoms with van der Waals surface area (Å²) in [5, 5.41) is 3.60. The predicted octanol–water partition coefficient (Wildman–Crippen LogP) is 3.16. The minimum absolute atomic E-state index is 0.497. The van der Waals surface area contributed by atoms with Crippen LogP contribution in [-0.4, -0.2) is 12.6 Å². The molecule has 1 aromatic rings. The van der Waals surface area contributed by atoms with E-state index in [1.165, 1.54) is 19.3 Å². The normalized spacial score (nSPS) is 22.2. The summed E-state index contributed by atoms with van der Waals surface area (Å²) in [5.74, 6) is 1.90. The second-order valence-electron chi connectivity index (χ2n) is 4.74. The van der Waals surface area contributed by atoms with Gasteiger partial charge >= 0.3 is 0 Å². The Labute approximate surface area is 97.7 Å². The number of rotatable bonds is 5. The summed E-state index contributed by atoms with van der Waals surface area (Å²) >= 11 is 0. The zero-order valence-electron chi connectivity index (χ0n) is 9.99. The van der Waals surface area contributed by atoms with Crippen LogP contribution in [0.2, 0.25) is 0 Å². The van der Waals surface area contributed by atoms with E-state index in [0.717, 1.165) is 24.6 Å². The molecule has 88 valence electrons. The summed E-state index contributed by atoms with van der Waals surface area (Å²) in [6.45, 7) is 3.35. The van der Waals surface area contributed by atoms with Crippen molar-refractivity contribution in [2.75, 3.05) is 6.54 Å². The summed E-state index contributed by atoms with van der Waals surface area (Å²) in [4.78, 5) is 0. The second kappa shape index (κ2) is 5.90. The Morgan fingerprint density at radius 1 is 1.50 bits per heavy atom. The highest BCUT2D eigenvalue weighted by atomic mass is 16.3. The molecule has 0 bridgehead atoms. The van der Waals surface area contributed by atoms with Crippen molar-refractivity contribution in [3.63, 3.8) is 0 Å². The third-order valence-electron chi connectivity index (χ3n) is 3.22. The summed E-state index contributed by atoms with van der Waals surface area (Å²) in [6, 6.07) is 4.49. The molecule has 0 amide bonds. The number of nitrogens with one attached hydrogen (secondary N) is 1. The first kappa shape index (κ1) is 11.5. The zero-order chi connectivity index (χ0) is 11.2. The quantitative estimate of drug-likeness (QED) is 0.770. The van der Waals surface area contributed by atoms with Gasteiger partial charge in [0.1, 0.15) is 5.76 Å². The Balaban J connectivity index is 1.67. The highest BCUT2D eigenvalue weighted by Gasteiger charge is 2.11. The fourth-order valence-corrected chi connectivity index (χ4v) is 2.21. The van der Waals surface area contributed by atoms with Gasteiger partial charge in [0.05, 0.1) is 6.26 Å². The van der Waals surface area contributed by atoms with E-state index < -0.39 is 0 Å². The molecule has 0 saturated heterocycles. The van der Waals surface area contributed by atoms with Crippen LogP contribution >= 0.6 is 0 Å². The Hall–Kier alpha value is -1.02. The third kappa shape index (κ3) is 3.53. The van der Waals surface area contributed by atoms with Crippen molar-refractivity contribution in [3.8, 4) is 0 Å². The minimum atomic E-state index is 0.497. The molecule has 2 atom stereocenters. The molecule has 0 radical (unpaired) electrons. The molecular formula is C14H21NO. The summed E-state index contributed by atoms with van der Waals surface area (Å²) in [6.07, 6.45) is 11.1. The lowest BCUT2D eigenvalue weighted by atomic mass is 9.94. The molecule has 16 heavy (non-hydrogen) atoms.